The lowest BCUT2D eigenvalue weighted by Crippen LogP contribution is -2.00. The zero-order chi connectivity index (χ0) is 14.2. The first kappa shape index (κ1) is 15.2. The maximum absolute atomic E-state index is 6.22. The molecule has 2 aromatic carbocycles. The van der Waals surface area contributed by atoms with Gasteiger partial charge in [0.05, 0.1) is 20.1 Å². The van der Waals surface area contributed by atoms with E-state index < -0.39 is 0 Å². The third-order valence-corrected chi connectivity index (χ3v) is 4.48. The molecule has 0 aromatic heterocycles. The SMILES string of the molecule is NCc1cc(Cl)ccc1-c1c(Cl)c(Cl)cc(Cl)c1Cl. The Kier molecular flexibility index (Phi) is 4.88. The van der Waals surface area contributed by atoms with Crippen molar-refractivity contribution >= 4 is 58.0 Å². The molecular formula is C13H8Cl5N. The molecule has 0 amide bonds. The van der Waals surface area contributed by atoms with Gasteiger partial charge in [-0.05, 0) is 29.3 Å². The van der Waals surface area contributed by atoms with E-state index in [-0.39, 0.29) is 0 Å². The van der Waals surface area contributed by atoms with Gasteiger partial charge in [-0.15, -0.1) is 0 Å². The van der Waals surface area contributed by atoms with Crippen molar-refractivity contribution in [3.05, 3.63) is 54.9 Å². The molecule has 6 heteroatoms. The Bertz CT molecular complexity index is 613. The van der Waals surface area contributed by atoms with Crippen molar-refractivity contribution in [1.82, 2.24) is 0 Å². The predicted octanol–water partition coefficient (Wildman–Crippen LogP) is 6.08. The maximum atomic E-state index is 6.22. The summed E-state index contributed by atoms with van der Waals surface area (Å²) in [5, 5.41) is 1.94. The van der Waals surface area contributed by atoms with Crippen molar-refractivity contribution in [2.24, 2.45) is 5.73 Å². The van der Waals surface area contributed by atoms with Crippen LogP contribution in [-0.4, -0.2) is 0 Å². The van der Waals surface area contributed by atoms with Crippen LogP contribution in [0.25, 0.3) is 11.1 Å². The van der Waals surface area contributed by atoms with Gasteiger partial charge in [0.1, 0.15) is 0 Å². The lowest BCUT2D eigenvalue weighted by atomic mass is 9.99. The van der Waals surface area contributed by atoms with Gasteiger partial charge >= 0.3 is 0 Å². The molecule has 0 aliphatic carbocycles. The quantitative estimate of drug-likeness (QED) is 0.649. The maximum Gasteiger partial charge on any atom is 0.0686 e. The molecule has 1 nitrogen and oxygen atoms in total. The smallest absolute Gasteiger partial charge is 0.0686 e. The van der Waals surface area contributed by atoms with Gasteiger partial charge in [0.15, 0.2) is 0 Å². The molecule has 0 saturated heterocycles. The Morgan fingerprint density at radius 3 is 1.95 bits per heavy atom. The Morgan fingerprint density at radius 2 is 1.42 bits per heavy atom. The van der Waals surface area contributed by atoms with Gasteiger partial charge in [0.25, 0.3) is 0 Å². The number of benzene rings is 2. The first-order valence-electron chi connectivity index (χ1n) is 5.27. The Labute approximate surface area is 136 Å². The van der Waals surface area contributed by atoms with Crippen LogP contribution in [0.5, 0.6) is 0 Å². The minimum absolute atomic E-state index is 0.298. The molecule has 0 radical (unpaired) electrons. The number of halogens is 5. The van der Waals surface area contributed by atoms with Crippen LogP contribution < -0.4 is 5.73 Å². The minimum atomic E-state index is 0.298. The molecule has 2 aromatic rings. The lowest BCUT2D eigenvalue weighted by molar-refractivity contribution is 1.07. The molecule has 0 bridgehead atoms. The van der Waals surface area contributed by atoms with Gasteiger partial charge in [-0.2, -0.15) is 0 Å². The zero-order valence-corrected chi connectivity index (χ0v) is 13.3. The molecule has 0 saturated carbocycles. The molecule has 0 aliphatic rings. The summed E-state index contributed by atoms with van der Waals surface area (Å²) in [4.78, 5) is 0. The largest absolute Gasteiger partial charge is 0.326 e. The van der Waals surface area contributed by atoms with Crippen molar-refractivity contribution in [2.45, 2.75) is 6.54 Å². The summed E-state index contributed by atoms with van der Waals surface area (Å²) in [6.45, 7) is 0.298. The fourth-order valence-electron chi connectivity index (χ4n) is 1.78. The normalized spacial score (nSPS) is 10.8. The van der Waals surface area contributed by atoms with Gasteiger partial charge < -0.3 is 5.73 Å². The van der Waals surface area contributed by atoms with E-state index in [1.54, 1.807) is 18.2 Å². The average molecular weight is 355 g/mol. The molecule has 2 N–H and O–H groups in total. The molecule has 0 spiro atoms. The number of hydrogen-bond donors (Lipinski definition) is 1. The fraction of sp³-hybridized carbons (Fsp3) is 0.0769. The van der Waals surface area contributed by atoms with Gasteiger partial charge in [-0.1, -0.05) is 64.1 Å². The molecule has 2 rings (SSSR count). The average Bonchev–Trinajstić information content (AvgIpc) is 2.38. The van der Waals surface area contributed by atoms with E-state index in [9.17, 15) is 0 Å². The number of rotatable bonds is 2. The van der Waals surface area contributed by atoms with Gasteiger partial charge in [-0.25, -0.2) is 0 Å². The minimum Gasteiger partial charge on any atom is -0.326 e. The Balaban J connectivity index is 2.79. The first-order chi connectivity index (χ1) is 8.95. The highest BCUT2D eigenvalue weighted by molar-refractivity contribution is 6.50. The topological polar surface area (TPSA) is 26.0 Å². The summed E-state index contributed by atoms with van der Waals surface area (Å²) in [5.74, 6) is 0. The van der Waals surface area contributed by atoms with Crippen LogP contribution in [-0.2, 0) is 6.54 Å². The Morgan fingerprint density at radius 1 is 0.842 bits per heavy atom. The second kappa shape index (κ2) is 6.09. The monoisotopic (exact) mass is 353 g/mol. The van der Waals surface area contributed by atoms with Crippen LogP contribution in [0, 0.1) is 0 Å². The molecular weight excluding hydrogens is 347 g/mol. The molecule has 100 valence electrons. The van der Waals surface area contributed by atoms with E-state index in [2.05, 4.69) is 0 Å². The van der Waals surface area contributed by atoms with Crippen molar-refractivity contribution in [3.63, 3.8) is 0 Å². The molecule has 0 aliphatic heterocycles. The van der Waals surface area contributed by atoms with Gasteiger partial charge in [0, 0.05) is 17.1 Å². The third kappa shape index (κ3) is 2.97. The lowest BCUT2D eigenvalue weighted by Gasteiger charge is -2.14. The summed E-state index contributed by atoms with van der Waals surface area (Å²) in [6.07, 6.45) is 0. The Hall–Kier alpha value is -0.150. The van der Waals surface area contributed by atoms with Crippen LogP contribution in [0.1, 0.15) is 5.56 Å². The van der Waals surface area contributed by atoms with Crippen LogP contribution in [0.15, 0.2) is 24.3 Å². The van der Waals surface area contributed by atoms with Crippen LogP contribution >= 0.6 is 58.0 Å². The van der Waals surface area contributed by atoms with E-state index in [4.69, 9.17) is 63.7 Å². The number of hydrogen-bond acceptors (Lipinski definition) is 1. The molecule has 19 heavy (non-hydrogen) atoms. The summed E-state index contributed by atoms with van der Waals surface area (Å²) < 4.78 is 0. The summed E-state index contributed by atoms with van der Waals surface area (Å²) in [7, 11) is 0. The highest BCUT2D eigenvalue weighted by Crippen LogP contribution is 2.44. The standard InChI is InChI=1S/C13H8Cl5N/c14-7-1-2-8(6(3-7)5-19)11-12(17)9(15)4-10(16)13(11)18/h1-4H,5,19H2. The molecule has 0 atom stereocenters. The predicted molar refractivity (Wildman–Crippen MR) is 84.8 cm³/mol. The second-order valence-electron chi connectivity index (χ2n) is 3.85. The van der Waals surface area contributed by atoms with Crippen LogP contribution in [0.4, 0.5) is 0 Å². The van der Waals surface area contributed by atoms with Crippen molar-refractivity contribution in [2.75, 3.05) is 0 Å². The highest BCUT2D eigenvalue weighted by atomic mass is 35.5. The van der Waals surface area contributed by atoms with E-state index >= 15 is 0 Å². The number of nitrogens with two attached hydrogens (primary N) is 1. The first-order valence-corrected chi connectivity index (χ1v) is 7.16. The van der Waals surface area contributed by atoms with Crippen LogP contribution in [0.2, 0.25) is 25.1 Å². The zero-order valence-electron chi connectivity index (χ0n) is 9.48. The van der Waals surface area contributed by atoms with E-state index in [0.29, 0.717) is 37.2 Å². The van der Waals surface area contributed by atoms with E-state index in [1.807, 2.05) is 0 Å². The van der Waals surface area contributed by atoms with E-state index in [1.165, 1.54) is 6.07 Å². The summed E-state index contributed by atoms with van der Waals surface area (Å²) >= 11 is 30.5. The molecule has 0 unspecified atom stereocenters. The van der Waals surface area contributed by atoms with Gasteiger partial charge in [0.2, 0.25) is 0 Å². The summed E-state index contributed by atoms with van der Waals surface area (Å²) in [6, 6.07) is 6.80. The van der Waals surface area contributed by atoms with Crippen molar-refractivity contribution in [3.8, 4) is 11.1 Å². The summed E-state index contributed by atoms with van der Waals surface area (Å²) in [5.41, 5.74) is 7.87. The second-order valence-corrected chi connectivity index (χ2v) is 5.86. The van der Waals surface area contributed by atoms with Crippen molar-refractivity contribution < 1.29 is 0 Å². The van der Waals surface area contributed by atoms with Crippen LogP contribution in [0.3, 0.4) is 0 Å². The molecule has 0 fully saturated rings. The highest BCUT2D eigenvalue weighted by Gasteiger charge is 2.17. The van der Waals surface area contributed by atoms with Gasteiger partial charge in [-0.3, -0.25) is 0 Å². The third-order valence-electron chi connectivity index (χ3n) is 2.67. The molecule has 0 heterocycles. The van der Waals surface area contributed by atoms with Crippen molar-refractivity contribution in [1.29, 1.82) is 0 Å². The fourth-order valence-corrected chi connectivity index (χ4v) is 2.99. The van der Waals surface area contributed by atoms with E-state index in [0.717, 1.165) is 11.1 Å².